The molecule has 0 radical (unpaired) electrons. The SMILES string of the molecule is COc1c(Cl)ccc(Cl)c1C(=O)N1CCN(CC(=O)c2cc(C)n(C(C)C)c2C)CC1. The van der Waals surface area contributed by atoms with Gasteiger partial charge in [-0.1, -0.05) is 23.2 Å². The number of aryl methyl sites for hydroxylation is 1. The zero-order valence-corrected chi connectivity index (χ0v) is 20.2. The summed E-state index contributed by atoms with van der Waals surface area (Å²) in [7, 11) is 1.47. The van der Waals surface area contributed by atoms with Crippen LogP contribution in [0.1, 0.15) is 52.0 Å². The molecular weight excluding hydrogens is 437 g/mol. The lowest BCUT2D eigenvalue weighted by Crippen LogP contribution is -2.50. The third-order valence-corrected chi connectivity index (χ3v) is 6.42. The number of hydrogen-bond acceptors (Lipinski definition) is 4. The molecule has 0 N–H and O–H groups in total. The van der Waals surface area contributed by atoms with Crippen molar-refractivity contribution in [2.45, 2.75) is 33.7 Å². The normalized spacial score (nSPS) is 14.9. The highest BCUT2D eigenvalue weighted by Gasteiger charge is 2.28. The fraction of sp³-hybridized carbons (Fsp3) is 0.478. The molecule has 0 atom stereocenters. The fourth-order valence-electron chi connectivity index (χ4n) is 4.34. The van der Waals surface area contributed by atoms with Gasteiger partial charge in [0.25, 0.3) is 5.91 Å². The van der Waals surface area contributed by atoms with Crippen LogP contribution in [-0.4, -0.2) is 65.9 Å². The van der Waals surface area contributed by atoms with E-state index in [9.17, 15) is 9.59 Å². The van der Waals surface area contributed by atoms with Crippen LogP contribution in [0.15, 0.2) is 18.2 Å². The van der Waals surface area contributed by atoms with Crippen LogP contribution in [0.4, 0.5) is 0 Å². The molecule has 1 aliphatic heterocycles. The van der Waals surface area contributed by atoms with Crippen molar-refractivity contribution in [1.29, 1.82) is 0 Å². The lowest BCUT2D eigenvalue weighted by atomic mass is 10.1. The lowest BCUT2D eigenvalue weighted by Gasteiger charge is -2.34. The number of Topliss-reactive ketones (excluding diaryl/α,β-unsaturated/α-hetero) is 1. The molecule has 168 valence electrons. The number of methoxy groups -OCH3 is 1. The van der Waals surface area contributed by atoms with E-state index in [0.29, 0.717) is 48.8 Å². The topological polar surface area (TPSA) is 54.8 Å². The van der Waals surface area contributed by atoms with Crippen LogP contribution >= 0.6 is 23.2 Å². The number of carbonyl (C=O) groups is 2. The van der Waals surface area contributed by atoms with E-state index in [4.69, 9.17) is 27.9 Å². The molecule has 0 unspecified atom stereocenters. The maximum absolute atomic E-state index is 13.1. The van der Waals surface area contributed by atoms with Crippen molar-refractivity contribution >= 4 is 34.9 Å². The number of aromatic nitrogens is 1. The summed E-state index contributed by atoms with van der Waals surface area (Å²) in [4.78, 5) is 29.8. The maximum Gasteiger partial charge on any atom is 0.259 e. The van der Waals surface area contributed by atoms with Gasteiger partial charge in [0.15, 0.2) is 11.5 Å². The number of rotatable bonds is 6. The second-order valence-electron chi connectivity index (χ2n) is 8.18. The Balaban J connectivity index is 1.66. The Morgan fingerprint density at radius 1 is 1.06 bits per heavy atom. The Kier molecular flexibility index (Phi) is 7.35. The van der Waals surface area contributed by atoms with E-state index in [-0.39, 0.29) is 23.0 Å². The summed E-state index contributed by atoms with van der Waals surface area (Å²) in [6.45, 7) is 10.8. The number of hydrogen-bond donors (Lipinski definition) is 0. The maximum atomic E-state index is 13.1. The minimum absolute atomic E-state index is 0.110. The number of piperazine rings is 1. The molecule has 1 amide bonds. The molecule has 0 spiro atoms. The van der Waals surface area contributed by atoms with E-state index in [1.165, 1.54) is 7.11 Å². The van der Waals surface area contributed by atoms with Crippen molar-refractivity contribution in [3.05, 3.63) is 50.8 Å². The van der Waals surface area contributed by atoms with Crippen molar-refractivity contribution < 1.29 is 14.3 Å². The van der Waals surface area contributed by atoms with Gasteiger partial charge in [-0.2, -0.15) is 0 Å². The smallest absolute Gasteiger partial charge is 0.259 e. The van der Waals surface area contributed by atoms with Crippen LogP contribution in [0.3, 0.4) is 0 Å². The van der Waals surface area contributed by atoms with Gasteiger partial charge in [0, 0.05) is 49.2 Å². The Morgan fingerprint density at radius 2 is 1.68 bits per heavy atom. The predicted molar refractivity (Wildman–Crippen MR) is 124 cm³/mol. The zero-order chi connectivity index (χ0) is 22.9. The van der Waals surface area contributed by atoms with Crippen LogP contribution in [-0.2, 0) is 0 Å². The van der Waals surface area contributed by atoms with Crippen LogP contribution < -0.4 is 4.74 Å². The van der Waals surface area contributed by atoms with Gasteiger partial charge >= 0.3 is 0 Å². The van der Waals surface area contributed by atoms with Crippen molar-refractivity contribution in [3.8, 4) is 5.75 Å². The number of nitrogens with zero attached hydrogens (tertiary/aromatic N) is 3. The zero-order valence-electron chi connectivity index (χ0n) is 18.7. The summed E-state index contributed by atoms with van der Waals surface area (Å²) in [6, 6.07) is 5.50. The average molecular weight is 466 g/mol. The van der Waals surface area contributed by atoms with Crippen LogP contribution in [0.2, 0.25) is 10.0 Å². The highest BCUT2D eigenvalue weighted by molar-refractivity contribution is 6.37. The molecule has 1 fully saturated rings. The summed E-state index contributed by atoms with van der Waals surface area (Å²) in [6.07, 6.45) is 0. The van der Waals surface area contributed by atoms with Crippen LogP contribution in [0, 0.1) is 13.8 Å². The first-order chi connectivity index (χ1) is 14.6. The average Bonchev–Trinajstić information content (AvgIpc) is 3.03. The van der Waals surface area contributed by atoms with E-state index < -0.39 is 0 Å². The van der Waals surface area contributed by atoms with Gasteiger partial charge in [-0.15, -0.1) is 0 Å². The van der Waals surface area contributed by atoms with Crippen molar-refractivity contribution in [1.82, 2.24) is 14.4 Å². The number of ether oxygens (including phenoxy) is 1. The second-order valence-corrected chi connectivity index (χ2v) is 8.99. The van der Waals surface area contributed by atoms with Crippen LogP contribution in [0.25, 0.3) is 0 Å². The number of benzene rings is 1. The first-order valence-electron chi connectivity index (χ1n) is 10.4. The molecule has 0 saturated carbocycles. The van der Waals surface area contributed by atoms with E-state index in [1.807, 2.05) is 19.9 Å². The Labute approximate surface area is 193 Å². The fourth-order valence-corrected chi connectivity index (χ4v) is 4.81. The first-order valence-corrected chi connectivity index (χ1v) is 11.2. The van der Waals surface area contributed by atoms with Gasteiger partial charge < -0.3 is 14.2 Å². The molecule has 6 nitrogen and oxygen atoms in total. The van der Waals surface area contributed by atoms with E-state index >= 15 is 0 Å². The van der Waals surface area contributed by atoms with Gasteiger partial charge in [-0.05, 0) is 45.9 Å². The highest BCUT2D eigenvalue weighted by Crippen LogP contribution is 2.35. The first kappa shape index (κ1) is 23.6. The molecule has 1 saturated heterocycles. The standard InChI is InChI=1S/C23H29Cl2N3O3/c1-14(2)28-15(3)12-17(16(28)4)20(29)13-26-8-10-27(11-9-26)23(30)21-18(24)6-7-19(25)22(21)31-5/h6-7,12,14H,8-11,13H2,1-5H3. The molecule has 31 heavy (non-hydrogen) atoms. The van der Waals surface area contributed by atoms with Crippen molar-refractivity contribution in [2.24, 2.45) is 0 Å². The minimum Gasteiger partial charge on any atom is -0.494 e. The van der Waals surface area contributed by atoms with Gasteiger partial charge in [-0.3, -0.25) is 14.5 Å². The summed E-state index contributed by atoms with van der Waals surface area (Å²) in [5.74, 6) is 0.187. The summed E-state index contributed by atoms with van der Waals surface area (Å²) >= 11 is 12.4. The Bertz CT molecular complexity index is 992. The summed E-state index contributed by atoms with van der Waals surface area (Å²) in [5.41, 5.74) is 3.16. The largest absolute Gasteiger partial charge is 0.494 e. The van der Waals surface area contributed by atoms with Gasteiger partial charge in [-0.25, -0.2) is 0 Å². The van der Waals surface area contributed by atoms with Gasteiger partial charge in [0.2, 0.25) is 0 Å². The summed E-state index contributed by atoms with van der Waals surface area (Å²) < 4.78 is 7.50. The quantitative estimate of drug-likeness (QED) is 0.582. The molecule has 1 aliphatic rings. The molecule has 0 aliphatic carbocycles. The monoisotopic (exact) mass is 465 g/mol. The molecule has 0 bridgehead atoms. The predicted octanol–water partition coefficient (Wildman–Crippen LogP) is 4.64. The van der Waals surface area contributed by atoms with Gasteiger partial charge in [0.05, 0.1) is 23.7 Å². The van der Waals surface area contributed by atoms with Crippen LogP contribution in [0.5, 0.6) is 5.75 Å². The third-order valence-electron chi connectivity index (χ3n) is 5.80. The molecule has 1 aromatic carbocycles. The Morgan fingerprint density at radius 3 is 2.23 bits per heavy atom. The second kappa shape index (κ2) is 9.63. The minimum atomic E-state index is -0.212. The van der Waals surface area contributed by atoms with Crippen molar-refractivity contribution in [2.75, 3.05) is 39.8 Å². The molecule has 8 heteroatoms. The number of amides is 1. The van der Waals surface area contributed by atoms with Crippen molar-refractivity contribution in [3.63, 3.8) is 0 Å². The molecular formula is C23H29Cl2N3O3. The van der Waals surface area contributed by atoms with E-state index in [1.54, 1.807) is 17.0 Å². The highest BCUT2D eigenvalue weighted by atomic mass is 35.5. The number of ketones is 1. The molecule has 2 heterocycles. The third kappa shape index (κ3) is 4.76. The van der Waals surface area contributed by atoms with E-state index in [0.717, 1.165) is 17.0 Å². The van der Waals surface area contributed by atoms with Gasteiger partial charge in [0.1, 0.15) is 5.56 Å². The summed E-state index contributed by atoms with van der Waals surface area (Å²) in [5, 5.41) is 0.655. The lowest BCUT2D eigenvalue weighted by molar-refractivity contribution is 0.0621. The van der Waals surface area contributed by atoms with E-state index in [2.05, 4.69) is 23.3 Å². The number of halogens is 2. The molecule has 1 aromatic heterocycles. The molecule has 2 aromatic rings. The molecule has 3 rings (SSSR count). The number of carbonyl (C=O) groups excluding carboxylic acids is 2. The Hall–Kier alpha value is -2.02.